The van der Waals surface area contributed by atoms with Crippen molar-refractivity contribution in [3.63, 3.8) is 0 Å². The van der Waals surface area contributed by atoms with Gasteiger partial charge in [-0.3, -0.25) is 4.79 Å². The van der Waals surface area contributed by atoms with Crippen molar-refractivity contribution in [1.29, 1.82) is 0 Å². The first-order valence-corrected chi connectivity index (χ1v) is 5.60. The molecule has 3 rings (SSSR count). The predicted octanol–water partition coefficient (Wildman–Crippen LogP) is 1.42. The molecular formula is C12H13N5O. The summed E-state index contributed by atoms with van der Waals surface area (Å²) < 4.78 is 3.80. The zero-order valence-electron chi connectivity index (χ0n) is 10.4. The summed E-state index contributed by atoms with van der Waals surface area (Å²) in [7, 11) is 3.82. The number of hydrogen-bond acceptors (Lipinski definition) is 3. The first kappa shape index (κ1) is 10.8. The molecule has 6 nitrogen and oxygen atoms in total. The number of anilines is 1. The van der Waals surface area contributed by atoms with E-state index in [1.807, 2.05) is 29.3 Å². The van der Waals surface area contributed by atoms with Crippen molar-refractivity contribution >= 4 is 33.7 Å². The van der Waals surface area contributed by atoms with E-state index in [1.165, 1.54) is 6.92 Å². The Hall–Kier alpha value is -2.37. The Balaban J connectivity index is 2.45. The number of aromatic nitrogens is 4. The van der Waals surface area contributed by atoms with Crippen molar-refractivity contribution in [3.05, 3.63) is 18.7 Å². The second kappa shape index (κ2) is 3.56. The fourth-order valence-corrected chi connectivity index (χ4v) is 2.20. The van der Waals surface area contributed by atoms with Crippen LogP contribution in [-0.2, 0) is 18.9 Å². The van der Waals surface area contributed by atoms with Crippen LogP contribution in [0.4, 0.5) is 5.69 Å². The first-order chi connectivity index (χ1) is 8.58. The van der Waals surface area contributed by atoms with Crippen molar-refractivity contribution in [2.24, 2.45) is 14.1 Å². The molecule has 0 atom stereocenters. The Kier molecular flexibility index (Phi) is 2.13. The normalized spacial score (nSPS) is 11.3. The molecule has 0 aliphatic carbocycles. The molecule has 0 aliphatic rings. The number of carbonyl (C=O) groups excluding carboxylic acids is 1. The number of nitrogens with one attached hydrogen (secondary N) is 1. The van der Waals surface area contributed by atoms with Gasteiger partial charge in [0.05, 0.1) is 29.4 Å². The molecule has 0 radical (unpaired) electrons. The van der Waals surface area contributed by atoms with Crippen LogP contribution in [0.5, 0.6) is 0 Å². The van der Waals surface area contributed by atoms with Gasteiger partial charge in [0.15, 0.2) is 0 Å². The van der Waals surface area contributed by atoms with Crippen LogP contribution in [0.15, 0.2) is 18.7 Å². The molecule has 3 aromatic rings. The van der Waals surface area contributed by atoms with Gasteiger partial charge in [0.25, 0.3) is 0 Å². The third-order valence-corrected chi connectivity index (χ3v) is 2.99. The van der Waals surface area contributed by atoms with E-state index in [1.54, 1.807) is 12.7 Å². The van der Waals surface area contributed by atoms with Crippen LogP contribution >= 0.6 is 0 Å². The van der Waals surface area contributed by atoms with E-state index in [0.29, 0.717) is 0 Å². The van der Waals surface area contributed by atoms with Crippen molar-refractivity contribution in [1.82, 2.24) is 19.1 Å². The minimum Gasteiger partial charge on any atom is -0.334 e. The van der Waals surface area contributed by atoms with Gasteiger partial charge in [-0.25, -0.2) is 9.97 Å². The highest BCUT2D eigenvalue weighted by Crippen LogP contribution is 2.29. The van der Waals surface area contributed by atoms with Crippen molar-refractivity contribution in [2.45, 2.75) is 6.92 Å². The topological polar surface area (TPSA) is 64.7 Å². The van der Waals surface area contributed by atoms with Gasteiger partial charge in [0, 0.05) is 21.0 Å². The van der Waals surface area contributed by atoms with Crippen LogP contribution in [0.1, 0.15) is 6.92 Å². The van der Waals surface area contributed by atoms with E-state index in [0.717, 1.165) is 27.8 Å². The Morgan fingerprint density at radius 3 is 2.56 bits per heavy atom. The maximum Gasteiger partial charge on any atom is 0.221 e. The van der Waals surface area contributed by atoms with E-state index in [9.17, 15) is 4.79 Å². The lowest BCUT2D eigenvalue weighted by molar-refractivity contribution is -0.114. The van der Waals surface area contributed by atoms with Crippen molar-refractivity contribution in [2.75, 3.05) is 5.32 Å². The van der Waals surface area contributed by atoms with E-state index in [2.05, 4.69) is 15.3 Å². The molecule has 2 heterocycles. The standard InChI is InChI=1S/C12H13N5O/c1-7(18)15-8-4-9-10(13-5-16(9)2)11-12(8)17(3)6-14-11/h4-6H,1-3H3,(H,15,18). The number of nitrogens with zero attached hydrogens (tertiary/aromatic N) is 4. The summed E-state index contributed by atoms with van der Waals surface area (Å²) in [6, 6.07) is 1.92. The summed E-state index contributed by atoms with van der Waals surface area (Å²) in [6.45, 7) is 1.50. The molecule has 1 amide bonds. The van der Waals surface area contributed by atoms with E-state index < -0.39 is 0 Å². The summed E-state index contributed by atoms with van der Waals surface area (Å²) >= 11 is 0. The molecule has 0 aliphatic heterocycles. The molecule has 1 aromatic carbocycles. The Labute approximate surface area is 103 Å². The maximum absolute atomic E-state index is 11.3. The van der Waals surface area contributed by atoms with Crippen LogP contribution in [0, 0.1) is 0 Å². The van der Waals surface area contributed by atoms with Gasteiger partial charge in [0.2, 0.25) is 5.91 Å². The Morgan fingerprint density at radius 2 is 1.83 bits per heavy atom. The van der Waals surface area contributed by atoms with Crippen LogP contribution in [0.3, 0.4) is 0 Å². The fourth-order valence-electron chi connectivity index (χ4n) is 2.20. The monoisotopic (exact) mass is 243 g/mol. The van der Waals surface area contributed by atoms with Crippen molar-refractivity contribution < 1.29 is 4.79 Å². The minimum absolute atomic E-state index is 0.0981. The number of aryl methyl sites for hydroxylation is 2. The number of imidazole rings is 2. The molecule has 2 aromatic heterocycles. The van der Waals surface area contributed by atoms with Crippen LogP contribution < -0.4 is 5.32 Å². The van der Waals surface area contributed by atoms with Crippen LogP contribution in [0.25, 0.3) is 22.1 Å². The van der Waals surface area contributed by atoms with Gasteiger partial charge >= 0.3 is 0 Å². The van der Waals surface area contributed by atoms with Crippen molar-refractivity contribution in [3.8, 4) is 0 Å². The average Bonchev–Trinajstić information content (AvgIpc) is 2.84. The third kappa shape index (κ3) is 1.38. The molecule has 6 heteroatoms. The number of benzene rings is 1. The van der Waals surface area contributed by atoms with Gasteiger partial charge in [-0.1, -0.05) is 0 Å². The van der Waals surface area contributed by atoms with E-state index in [4.69, 9.17) is 0 Å². The number of hydrogen-bond donors (Lipinski definition) is 1. The largest absolute Gasteiger partial charge is 0.334 e. The predicted molar refractivity (Wildman–Crippen MR) is 69.3 cm³/mol. The minimum atomic E-state index is -0.0981. The fraction of sp³-hybridized carbons (Fsp3) is 0.250. The zero-order chi connectivity index (χ0) is 12.9. The molecule has 18 heavy (non-hydrogen) atoms. The number of amides is 1. The summed E-state index contributed by atoms with van der Waals surface area (Å²) in [4.78, 5) is 20.0. The molecular weight excluding hydrogens is 230 g/mol. The number of rotatable bonds is 1. The van der Waals surface area contributed by atoms with E-state index >= 15 is 0 Å². The SMILES string of the molecule is CC(=O)Nc1cc2c(ncn2C)c2ncn(C)c12. The Bertz CT molecular complexity index is 768. The highest BCUT2D eigenvalue weighted by Gasteiger charge is 2.14. The number of fused-ring (bicyclic) bond motifs is 3. The summed E-state index contributed by atoms with van der Waals surface area (Å²) in [5, 5.41) is 2.84. The van der Waals surface area contributed by atoms with Gasteiger partial charge in [-0.05, 0) is 6.07 Å². The van der Waals surface area contributed by atoms with Crippen LogP contribution in [-0.4, -0.2) is 25.0 Å². The molecule has 0 fully saturated rings. The molecule has 0 unspecified atom stereocenters. The molecule has 0 spiro atoms. The van der Waals surface area contributed by atoms with Gasteiger partial charge in [-0.15, -0.1) is 0 Å². The average molecular weight is 243 g/mol. The van der Waals surface area contributed by atoms with Gasteiger partial charge in [0.1, 0.15) is 11.0 Å². The molecule has 0 saturated heterocycles. The second-order valence-electron chi connectivity index (χ2n) is 4.38. The van der Waals surface area contributed by atoms with E-state index in [-0.39, 0.29) is 5.91 Å². The zero-order valence-corrected chi connectivity index (χ0v) is 10.4. The lowest BCUT2D eigenvalue weighted by Gasteiger charge is -2.07. The number of carbonyl (C=O) groups is 1. The van der Waals surface area contributed by atoms with Gasteiger partial charge in [-0.2, -0.15) is 0 Å². The summed E-state index contributed by atoms with van der Waals surface area (Å²) in [6.07, 6.45) is 3.47. The lowest BCUT2D eigenvalue weighted by Crippen LogP contribution is -2.07. The summed E-state index contributed by atoms with van der Waals surface area (Å²) in [5.41, 5.74) is 4.25. The highest BCUT2D eigenvalue weighted by atomic mass is 16.1. The second-order valence-corrected chi connectivity index (χ2v) is 4.38. The lowest BCUT2D eigenvalue weighted by atomic mass is 10.2. The molecule has 92 valence electrons. The quantitative estimate of drug-likeness (QED) is 0.703. The molecule has 0 bridgehead atoms. The summed E-state index contributed by atoms with van der Waals surface area (Å²) in [5.74, 6) is -0.0981. The Morgan fingerprint density at radius 1 is 1.17 bits per heavy atom. The smallest absolute Gasteiger partial charge is 0.221 e. The van der Waals surface area contributed by atoms with Gasteiger partial charge < -0.3 is 14.5 Å². The maximum atomic E-state index is 11.3. The molecule has 1 N–H and O–H groups in total. The highest BCUT2D eigenvalue weighted by molar-refractivity contribution is 6.10. The first-order valence-electron chi connectivity index (χ1n) is 5.60. The van der Waals surface area contributed by atoms with Crippen LogP contribution in [0.2, 0.25) is 0 Å². The third-order valence-electron chi connectivity index (χ3n) is 2.99. The molecule has 0 saturated carbocycles.